The van der Waals surface area contributed by atoms with Gasteiger partial charge in [0.1, 0.15) is 0 Å². The highest BCUT2D eigenvalue weighted by atomic mass is 32.1. The molecule has 0 saturated heterocycles. The summed E-state index contributed by atoms with van der Waals surface area (Å²) in [5, 5.41) is 0. The standard InChI is InChI=1S/C66H72O2S4/c1-5-9-13-17-21-45-25-33-49(34-26-45)65(50-35-27-46(28-36-50)22-18-14-10-6-2)55-41-53(43-67)69-59(55)61-57(65)63-64(71-61)58-62(72-63)60-56(42-54(44-68)70-60)66(58,51-37-29-47(30-38-51)23-19-15-11-7-3)52-39-31-48(32-40-52)24-20-16-12-8-4/h25-44H,5-24H2,1-4H3. The number of hydrogen-bond donors (Lipinski definition) is 0. The molecule has 4 heterocycles. The van der Waals surface area contributed by atoms with Crippen LogP contribution in [0.15, 0.2) is 109 Å². The van der Waals surface area contributed by atoms with Gasteiger partial charge in [-0.1, -0.05) is 202 Å². The molecule has 4 aromatic heterocycles. The maximum absolute atomic E-state index is 12.9. The minimum atomic E-state index is -0.630. The number of fused-ring (bicyclic) bond motifs is 9. The Hall–Kier alpha value is -4.72. The Balaban J connectivity index is 1.21. The number of carbonyl (C=O) groups is 2. The topological polar surface area (TPSA) is 34.1 Å². The van der Waals surface area contributed by atoms with Crippen LogP contribution >= 0.6 is 45.3 Å². The minimum Gasteiger partial charge on any atom is -0.297 e. The van der Waals surface area contributed by atoms with Crippen LogP contribution in [0.4, 0.5) is 0 Å². The quantitative estimate of drug-likeness (QED) is 0.0400. The third-order valence-electron chi connectivity index (χ3n) is 16.1. The molecule has 0 bridgehead atoms. The second kappa shape index (κ2) is 22.8. The van der Waals surface area contributed by atoms with E-state index in [1.54, 1.807) is 22.7 Å². The molecule has 72 heavy (non-hydrogen) atoms. The maximum Gasteiger partial charge on any atom is 0.160 e. The molecule has 4 aromatic carbocycles. The van der Waals surface area contributed by atoms with Gasteiger partial charge in [-0.15, -0.1) is 45.3 Å². The molecule has 0 fully saturated rings. The van der Waals surface area contributed by atoms with Crippen molar-refractivity contribution in [2.75, 3.05) is 0 Å². The van der Waals surface area contributed by atoms with Crippen molar-refractivity contribution in [3.05, 3.63) is 186 Å². The molecular formula is C66H72O2S4. The highest BCUT2D eigenvalue weighted by Crippen LogP contribution is 2.70. The molecule has 0 atom stereocenters. The van der Waals surface area contributed by atoms with Crippen molar-refractivity contribution in [1.29, 1.82) is 0 Å². The van der Waals surface area contributed by atoms with Crippen molar-refractivity contribution >= 4 is 67.3 Å². The molecule has 0 radical (unpaired) electrons. The summed E-state index contributed by atoms with van der Waals surface area (Å²) in [5.74, 6) is 0. The predicted octanol–water partition coefficient (Wildman–Crippen LogP) is 19.9. The van der Waals surface area contributed by atoms with Crippen molar-refractivity contribution in [1.82, 2.24) is 0 Å². The van der Waals surface area contributed by atoms with Gasteiger partial charge in [-0.05, 0) is 119 Å². The van der Waals surface area contributed by atoms with E-state index in [-0.39, 0.29) is 0 Å². The summed E-state index contributed by atoms with van der Waals surface area (Å²) < 4.78 is 2.67. The first-order valence-corrected chi connectivity index (χ1v) is 30.9. The van der Waals surface area contributed by atoms with E-state index in [2.05, 4.69) is 137 Å². The van der Waals surface area contributed by atoms with Crippen LogP contribution in [0.2, 0.25) is 0 Å². The molecule has 0 amide bonds. The number of unbranched alkanes of at least 4 members (excludes halogenated alkanes) is 12. The van der Waals surface area contributed by atoms with E-state index >= 15 is 0 Å². The first-order chi connectivity index (χ1) is 35.4. The summed E-state index contributed by atoms with van der Waals surface area (Å²) in [6, 6.07) is 42.9. The van der Waals surface area contributed by atoms with Gasteiger partial charge < -0.3 is 0 Å². The van der Waals surface area contributed by atoms with Gasteiger partial charge in [0.05, 0.1) is 49.5 Å². The third kappa shape index (κ3) is 9.19. The summed E-state index contributed by atoms with van der Waals surface area (Å²) >= 11 is 7.22. The zero-order valence-corrected chi connectivity index (χ0v) is 46.4. The molecule has 2 nitrogen and oxygen atoms in total. The Morgan fingerprint density at radius 2 is 0.625 bits per heavy atom. The summed E-state index contributed by atoms with van der Waals surface area (Å²) in [6.45, 7) is 9.13. The summed E-state index contributed by atoms with van der Waals surface area (Å²) in [6.07, 6.45) is 26.3. The smallest absolute Gasteiger partial charge is 0.160 e. The molecule has 0 spiro atoms. The molecular weight excluding hydrogens is 953 g/mol. The number of aryl methyl sites for hydroxylation is 4. The molecule has 2 aliphatic rings. The predicted molar refractivity (Wildman–Crippen MR) is 312 cm³/mol. The van der Waals surface area contributed by atoms with Gasteiger partial charge in [-0.2, -0.15) is 0 Å². The molecule has 8 aromatic rings. The fourth-order valence-electron chi connectivity index (χ4n) is 12.3. The van der Waals surface area contributed by atoms with E-state index in [0.29, 0.717) is 0 Å². The van der Waals surface area contributed by atoms with Crippen LogP contribution in [0.1, 0.15) is 217 Å². The fourth-order valence-corrected chi connectivity index (χ4v) is 17.7. The van der Waals surface area contributed by atoms with Crippen LogP contribution in [0.25, 0.3) is 28.9 Å². The molecule has 0 unspecified atom stereocenters. The fraction of sp³-hybridized carbons (Fsp3) is 0.394. The Kier molecular flexibility index (Phi) is 16.1. The van der Waals surface area contributed by atoms with Gasteiger partial charge in [0.15, 0.2) is 12.6 Å². The summed E-state index contributed by atoms with van der Waals surface area (Å²) in [5.41, 5.74) is 14.5. The molecule has 10 rings (SSSR count). The highest BCUT2D eigenvalue weighted by Gasteiger charge is 2.55. The number of aldehydes is 2. The van der Waals surface area contributed by atoms with Crippen molar-refractivity contribution in [2.24, 2.45) is 0 Å². The normalized spacial score (nSPS) is 13.9. The summed E-state index contributed by atoms with van der Waals surface area (Å²) in [4.78, 5) is 32.5. The lowest BCUT2D eigenvalue weighted by atomic mass is 9.67. The number of rotatable bonds is 26. The van der Waals surface area contributed by atoms with E-state index in [1.165, 1.54) is 198 Å². The van der Waals surface area contributed by atoms with Gasteiger partial charge in [-0.25, -0.2) is 0 Å². The minimum absolute atomic E-state index is 0.630. The first-order valence-electron chi connectivity index (χ1n) is 27.6. The zero-order valence-electron chi connectivity index (χ0n) is 43.1. The van der Waals surface area contributed by atoms with Gasteiger partial charge in [0.2, 0.25) is 0 Å². The molecule has 0 saturated carbocycles. The molecule has 0 N–H and O–H groups in total. The van der Waals surface area contributed by atoms with Gasteiger partial charge in [0, 0.05) is 11.1 Å². The SMILES string of the molecule is CCCCCCc1ccc(C2(c3ccc(CCCCCC)cc3)c3cc(C=O)sc3-c3sc4c5c(sc4c32)-c2sc(C=O)cc2C5(c2ccc(CCCCCC)cc2)c2ccc(CCCCCC)cc2)cc1. The Morgan fingerprint density at radius 3 is 0.875 bits per heavy atom. The van der Waals surface area contributed by atoms with Crippen LogP contribution in [0.3, 0.4) is 0 Å². The largest absolute Gasteiger partial charge is 0.297 e. The monoisotopic (exact) mass is 1020 g/mol. The van der Waals surface area contributed by atoms with E-state index in [0.717, 1.165) is 48.0 Å². The van der Waals surface area contributed by atoms with Crippen LogP contribution in [0, 0.1) is 0 Å². The van der Waals surface area contributed by atoms with Gasteiger partial charge in [0.25, 0.3) is 0 Å². The lowest BCUT2D eigenvalue weighted by Crippen LogP contribution is -2.29. The van der Waals surface area contributed by atoms with Crippen LogP contribution in [-0.4, -0.2) is 12.6 Å². The van der Waals surface area contributed by atoms with E-state index in [9.17, 15) is 9.59 Å². The van der Waals surface area contributed by atoms with E-state index < -0.39 is 10.8 Å². The Morgan fingerprint density at radius 1 is 0.347 bits per heavy atom. The molecule has 0 aliphatic heterocycles. The Labute approximate surface area is 446 Å². The van der Waals surface area contributed by atoms with Gasteiger partial charge in [-0.3, -0.25) is 9.59 Å². The second-order valence-electron chi connectivity index (χ2n) is 20.8. The maximum atomic E-state index is 12.9. The highest BCUT2D eigenvalue weighted by molar-refractivity contribution is 7.34. The number of benzene rings is 4. The third-order valence-corrected chi connectivity index (χ3v) is 21.0. The average Bonchev–Trinajstić information content (AvgIpc) is 4.27. The summed E-state index contributed by atoms with van der Waals surface area (Å²) in [7, 11) is 0. The van der Waals surface area contributed by atoms with Crippen LogP contribution in [0.5, 0.6) is 0 Å². The van der Waals surface area contributed by atoms with Gasteiger partial charge >= 0.3 is 0 Å². The van der Waals surface area contributed by atoms with Crippen molar-refractivity contribution in [2.45, 2.75) is 167 Å². The van der Waals surface area contributed by atoms with E-state index in [4.69, 9.17) is 0 Å². The molecule has 6 heteroatoms. The first kappa shape index (κ1) is 50.8. The number of thiophene rings is 4. The number of carbonyl (C=O) groups excluding carboxylic acids is 2. The second-order valence-corrected chi connectivity index (χ2v) is 25.0. The van der Waals surface area contributed by atoms with Crippen molar-refractivity contribution < 1.29 is 9.59 Å². The number of hydrogen-bond acceptors (Lipinski definition) is 6. The average molecular weight is 1030 g/mol. The van der Waals surface area contributed by atoms with Crippen molar-refractivity contribution in [3.63, 3.8) is 0 Å². The Bertz CT molecular complexity index is 2780. The zero-order chi connectivity index (χ0) is 49.7. The van der Waals surface area contributed by atoms with E-state index in [1.807, 2.05) is 22.7 Å². The lowest BCUT2D eigenvalue weighted by molar-refractivity contribution is 0.111. The van der Waals surface area contributed by atoms with Crippen LogP contribution in [-0.2, 0) is 36.5 Å². The molecule has 2 aliphatic carbocycles. The molecule has 372 valence electrons. The lowest BCUT2D eigenvalue weighted by Gasteiger charge is -2.34. The van der Waals surface area contributed by atoms with Crippen molar-refractivity contribution in [3.8, 4) is 19.5 Å². The van der Waals surface area contributed by atoms with Crippen LogP contribution < -0.4 is 0 Å².